The molecule has 0 bridgehead atoms. The first-order chi connectivity index (χ1) is 12.2. The molecule has 6 nitrogen and oxygen atoms in total. The fraction of sp³-hybridized carbons (Fsp3) is 0.471. The van der Waals surface area contributed by atoms with Gasteiger partial charge in [0, 0.05) is 0 Å². The van der Waals surface area contributed by atoms with Crippen LogP contribution < -0.4 is 4.74 Å². The van der Waals surface area contributed by atoms with Gasteiger partial charge in [0.05, 0.1) is 21.7 Å². The number of carboxylic acids is 1. The lowest BCUT2D eigenvalue weighted by Crippen LogP contribution is -2.22. The van der Waals surface area contributed by atoms with E-state index in [1.54, 1.807) is 0 Å². The molecule has 0 fully saturated rings. The number of aliphatic carboxylic acids is 1. The molecular formula is C17H19Cl3O6. The molecule has 1 aromatic rings. The molecule has 1 N–H and O–H groups in total. The summed E-state index contributed by atoms with van der Waals surface area (Å²) >= 11 is 17.9. The van der Waals surface area contributed by atoms with E-state index >= 15 is 0 Å². The van der Waals surface area contributed by atoms with Gasteiger partial charge >= 0.3 is 17.9 Å². The van der Waals surface area contributed by atoms with E-state index in [9.17, 15) is 14.4 Å². The topological polar surface area (TPSA) is 89.9 Å². The first-order valence-corrected chi connectivity index (χ1v) is 9.15. The Kier molecular flexibility index (Phi) is 9.19. The summed E-state index contributed by atoms with van der Waals surface area (Å²) < 4.78 is 9.95. The molecule has 0 radical (unpaired) electrons. The summed E-state index contributed by atoms with van der Waals surface area (Å²) in [6.07, 6.45) is 3.74. The maximum Gasteiger partial charge on any atom is 0.422 e. The van der Waals surface area contributed by atoms with Crippen LogP contribution in [-0.2, 0) is 14.3 Å². The van der Waals surface area contributed by atoms with E-state index in [-0.39, 0.29) is 33.2 Å². The molecule has 1 atom stereocenters. The van der Waals surface area contributed by atoms with Gasteiger partial charge in [-0.25, -0.2) is 14.4 Å². The standard InChI is InChI=1S/C17H19Cl3O6/c1-3-5-6-9(4-2)8-25-16(23)12-13(20)10(18)7-11(19)14(12)26-17(24)15(21)22/h7,9H,3-6,8H2,1-2H3,(H,21,22). The number of carboxylic acid groups (broad SMARTS) is 1. The number of esters is 2. The number of halogens is 3. The van der Waals surface area contributed by atoms with Gasteiger partial charge in [0.25, 0.3) is 0 Å². The fourth-order valence-corrected chi connectivity index (χ4v) is 2.88. The van der Waals surface area contributed by atoms with Crippen LogP contribution in [0.4, 0.5) is 0 Å². The largest absolute Gasteiger partial charge is 0.473 e. The van der Waals surface area contributed by atoms with Crippen molar-refractivity contribution in [2.24, 2.45) is 5.92 Å². The zero-order valence-corrected chi connectivity index (χ0v) is 16.6. The summed E-state index contributed by atoms with van der Waals surface area (Å²) in [5, 5.41) is 8.15. The van der Waals surface area contributed by atoms with Crippen molar-refractivity contribution in [1.29, 1.82) is 0 Å². The molecule has 1 rings (SSSR count). The van der Waals surface area contributed by atoms with Crippen LogP contribution >= 0.6 is 34.8 Å². The Morgan fingerprint density at radius 1 is 1.15 bits per heavy atom. The van der Waals surface area contributed by atoms with Crippen molar-refractivity contribution in [3.8, 4) is 5.75 Å². The van der Waals surface area contributed by atoms with E-state index in [0.717, 1.165) is 31.7 Å². The number of ether oxygens (including phenoxy) is 2. The van der Waals surface area contributed by atoms with Crippen molar-refractivity contribution in [3.63, 3.8) is 0 Å². The number of hydrogen-bond donors (Lipinski definition) is 1. The summed E-state index contributed by atoms with van der Waals surface area (Å²) in [6, 6.07) is 1.14. The van der Waals surface area contributed by atoms with Crippen molar-refractivity contribution in [2.75, 3.05) is 6.61 Å². The average Bonchev–Trinajstić information content (AvgIpc) is 2.59. The van der Waals surface area contributed by atoms with Crippen molar-refractivity contribution >= 4 is 52.7 Å². The van der Waals surface area contributed by atoms with Crippen LogP contribution in [-0.4, -0.2) is 29.6 Å². The molecule has 0 aliphatic heterocycles. The molecule has 0 spiro atoms. The van der Waals surface area contributed by atoms with E-state index in [0.29, 0.717) is 0 Å². The summed E-state index contributed by atoms with van der Waals surface area (Å²) in [5.74, 6) is -4.70. The second kappa shape index (κ2) is 10.6. The van der Waals surface area contributed by atoms with Crippen LogP contribution in [0.3, 0.4) is 0 Å². The predicted octanol–water partition coefficient (Wildman–Crippen LogP) is 5.01. The van der Waals surface area contributed by atoms with Gasteiger partial charge in [-0.3, -0.25) is 0 Å². The molecule has 0 aliphatic rings. The first-order valence-electron chi connectivity index (χ1n) is 8.02. The highest BCUT2D eigenvalue weighted by molar-refractivity contribution is 6.46. The molecule has 9 heteroatoms. The third-order valence-corrected chi connectivity index (χ3v) is 4.76. The molecule has 0 heterocycles. The predicted molar refractivity (Wildman–Crippen MR) is 98.3 cm³/mol. The molecule has 1 aromatic carbocycles. The Morgan fingerprint density at radius 2 is 1.81 bits per heavy atom. The number of benzene rings is 1. The Hall–Kier alpha value is -1.50. The summed E-state index contributed by atoms with van der Waals surface area (Å²) in [6.45, 7) is 4.19. The highest BCUT2D eigenvalue weighted by atomic mass is 35.5. The SMILES string of the molecule is CCCCC(CC)COC(=O)c1c(Cl)c(Cl)cc(Cl)c1OC(=O)C(=O)O. The van der Waals surface area contributed by atoms with Crippen LogP contribution in [0.15, 0.2) is 6.07 Å². The number of rotatable bonds is 8. The van der Waals surface area contributed by atoms with Crippen molar-refractivity contribution in [1.82, 2.24) is 0 Å². The number of unbranched alkanes of at least 4 members (excludes halogenated alkanes) is 1. The zero-order valence-electron chi connectivity index (χ0n) is 14.3. The van der Waals surface area contributed by atoms with Gasteiger partial charge < -0.3 is 14.6 Å². The van der Waals surface area contributed by atoms with Crippen LogP contribution in [0, 0.1) is 5.92 Å². The lowest BCUT2D eigenvalue weighted by molar-refractivity contribution is -0.158. The Balaban J connectivity index is 3.10. The first kappa shape index (κ1) is 22.5. The summed E-state index contributed by atoms with van der Waals surface area (Å²) in [7, 11) is 0. The average molecular weight is 426 g/mol. The fourth-order valence-electron chi connectivity index (χ4n) is 2.16. The minimum absolute atomic E-state index is 0.0586. The Bertz CT molecular complexity index is 690. The molecule has 0 amide bonds. The van der Waals surface area contributed by atoms with Gasteiger partial charge in [0.2, 0.25) is 0 Å². The molecule has 0 saturated carbocycles. The van der Waals surface area contributed by atoms with Gasteiger partial charge in [0.1, 0.15) is 5.56 Å². The van der Waals surface area contributed by atoms with Gasteiger partial charge in [-0.15, -0.1) is 0 Å². The van der Waals surface area contributed by atoms with Crippen LogP contribution in [0.2, 0.25) is 15.1 Å². The van der Waals surface area contributed by atoms with E-state index < -0.39 is 23.7 Å². The summed E-state index contributed by atoms with van der Waals surface area (Å²) in [4.78, 5) is 34.5. The van der Waals surface area contributed by atoms with Crippen molar-refractivity contribution in [3.05, 3.63) is 26.7 Å². The molecule has 144 valence electrons. The number of hydrogen-bond acceptors (Lipinski definition) is 5. The van der Waals surface area contributed by atoms with Crippen LogP contribution in [0.5, 0.6) is 5.75 Å². The zero-order chi connectivity index (χ0) is 19.9. The monoisotopic (exact) mass is 424 g/mol. The smallest absolute Gasteiger partial charge is 0.422 e. The van der Waals surface area contributed by atoms with Gasteiger partial charge in [-0.2, -0.15) is 0 Å². The van der Waals surface area contributed by atoms with Gasteiger partial charge in [-0.05, 0) is 18.4 Å². The molecular weight excluding hydrogens is 407 g/mol. The maximum absolute atomic E-state index is 12.5. The minimum Gasteiger partial charge on any atom is -0.473 e. The number of carbonyl (C=O) groups excluding carboxylic acids is 2. The molecule has 26 heavy (non-hydrogen) atoms. The normalized spacial score (nSPS) is 11.7. The van der Waals surface area contributed by atoms with E-state index in [2.05, 4.69) is 11.7 Å². The molecule has 0 aliphatic carbocycles. The lowest BCUT2D eigenvalue weighted by atomic mass is 10.0. The van der Waals surface area contributed by atoms with Gasteiger partial charge in [0.15, 0.2) is 5.75 Å². The van der Waals surface area contributed by atoms with Gasteiger partial charge in [-0.1, -0.05) is 67.9 Å². The van der Waals surface area contributed by atoms with Crippen LogP contribution in [0.25, 0.3) is 0 Å². The quantitative estimate of drug-likeness (QED) is 0.272. The molecule has 1 unspecified atom stereocenters. The molecule has 0 saturated heterocycles. The third kappa shape index (κ3) is 6.04. The summed E-state index contributed by atoms with van der Waals surface area (Å²) in [5.41, 5.74) is -0.385. The highest BCUT2D eigenvalue weighted by Crippen LogP contribution is 2.40. The van der Waals surface area contributed by atoms with Crippen LogP contribution in [0.1, 0.15) is 49.9 Å². The van der Waals surface area contributed by atoms with E-state index in [1.807, 2.05) is 6.92 Å². The minimum atomic E-state index is -1.85. The lowest BCUT2D eigenvalue weighted by Gasteiger charge is -2.17. The maximum atomic E-state index is 12.5. The number of carbonyl (C=O) groups is 3. The van der Waals surface area contributed by atoms with E-state index in [4.69, 9.17) is 44.6 Å². The van der Waals surface area contributed by atoms with E-state index in [1.165, 1.54) is 0 Å². The third-order valence-electron chi connectivity index (χ3n) is 3.69. The van der Waals surface area contributed by atoms with Crippen molar-refractivity contribution < 1.29 is 29.0 Å². The van der Waals surface area contributed by atoms with Crippen molar-refractivity contribution in [2.45, 2.75) is 39.5 Å². The molecule has 0 aromatic heterocycles. The highest BCUT2D eigenvalue weighted by Gasteiger charge is 2.28. The Morgan fingerprint density at radius 3 is 2.35 bits per heavy atom. The second-order valence-electron chi connectivity index (χ2n) is 5.57. The second-order valence-corrected chi connectivity index (χ2v) is 6.76. The Labute approximate surface area is 166 Å².